The average Bonchev–Trinajstić information content (AvgIpc) is 2.46. The van der Waals surface area contributed by atoms with Crippen LogP contribution in [0.25, 0.3) is 0 Å². The van der Waals surface area contributed by atoms with Crippen molar-refractivity contribution in [2.24, 2.45) is 0 Å². The highest BCUT2D eigenvalue weighted by Crippen LogP contribution is 2.20. The summed E-state index contributed by atoms with van der Waals surface area (Å²) in [5.41, 5.74) is 5.47. The smallest absolute Gasteiger partial charge is 0.0323 e. The van der Waals surface area contributed by atoms with Gasteiger partial charge in [-0.25, -0.2) is 0 Å². The van der Waals surface area contributed by atoms with Crippen LogP contribution in [0.5, 0.6) is 0 Å². The van der Waals surface area contributed by atoms with E-state index in [9.17, 15) is 0 Å². The SMILES string of the molecule is CCNC(CCc1ccc(C)cc1)c1ccc(C)cc1. The average molecular weight is 267 g/mol. The van der Waals surface area contributed by atoms with Crippen molar-refractivity contribution in [1.29, 1.82) is 0 Å². The minimum absolute atomic E-state index is 0.446. The number of benzene rings is 2. The molecular formula is C19H25N. The zero-order valence-electron chi connectivity index (χ0n) is 12.8. The molecule has 0 aliphatic carbocycles. The molecule has 2 rings (SSSR count). The molecule has 1 atom stereocenters. The first-order valence-corrected chi connectivity index (χ1v) is 7.54. The molecule has 0 saturated carbocycles. The molecule has 0 radical (unpaired) electrons. The van der Waals surface area contributed by atoms with E-state index in [0.29, 0.717) is 6.04 Å². The monoisotopic (exact) mass is 267 g/mol. The summed E-state index contributed by atoms with van der Waals surface area (Å²) < 4.78 is 0. The summed E-state index contributed by atoms with van der Waals surface area (Å²) in [5, 5.41) is 3.60. The van der Waals surface area contributed by atoms with E-state index in [4.69, 9.17) is 0 Å². The number of hydrogen-bond donors (Lipinski definition) is 1. The van der Waals surface area contributed by atoms with Crippen LogP contribution in [0.4, 0.5) is 0 Å². The maximum atomic E-state index is 3.60. The van der Waals surface area contributed by atoms with Gasteiger partial charge in [0.25, 0.3) is 0 Å². The highest BCUT2D eigenvalue weighted by Gasteiger charge is 2.10. The van der Waals surface area contributed by atoms with E-state index in [1.165, 1.54) is 22.3 Å². The molecule has 0 bridgehead atoms. The van der Waals surface area contributed by atoms with Crippen LogP contribution in [0.2, 0.25) is 0 Å². The van der Waals surface area contributed by atoms with Gasteiger partial charge in [0.05, 0.1) is 0 Å². The summed E-state index contributed by atoms with van der Waals surface area (Å²) >= 11 is 0. The van der Waals surface area contributed by atoms with Gasteiger partial charge in [0, 0.05) is 6.04 Å². The van der Waals surface area contributed by atoms with Gasteiger partial charge in [-0.3, -0.25) is 0 Å². The molecule has 0 saturated heterocycles. The van der Waals surface area contributed by atoms with Gasteiger partial charge in [-0.05, 0) is 44.4 Å². The first-order valence-electron chi connectivity index (χ1n) is 7.54. The maximum Gasteiger partial charge on any atom is 0.0323 e. The van der Waals surface area contributed by atoms with Crippen LogP contribution < -0.4 is 5.32 Å². The zero-order valence-corrected chi connectivity index (χ0v) is 12.8. The van der Waals surface area contributed by atoms with Crippen molar-refractivity contribution < 1.29 is 0 Å². The third kappa shape index (κ3) is 4.21. The molecule has 1 heteroatoms. The number of hydrogen-bond acceptors (Lipinski definition) is 1. The fourth-order valence-corrected chi connectivity index (χ4v) is 2.50. The first kappa shape index (κ1) is 14.8. The molecule has 0 aliphatic heterocycles. The van der Waals surface area contributed by atoms with Crippen LogP contribution in [0.3, 0.4) is 0 Å². The Kier molecular flexibility index (Phi) is 5.37. The second-order valence-corrected chi connectivity index (χ2v) is 5.55. The van der Waals surface area contributed by atoms with Crippen molar-refractivity contribution in [2.45, 2.75) is 39.7 Å². The zero-order chi connectivity index (χ0) is 14.4. The Labute approximate surface area is 123 Å². The van der Waals surface area contributed by atoms with Crippen molar-refractivity contribution in [3.8, 4) is 0 Å². The summed E-state index contributed by atoms with van der Waals surface area (Å²) in [5.74, 6) is 0. The van der Waals surface area contributed by atoms with Crippen LogP contribution in [-0.4, -0.2) is 6.54 Å². The minimum Gasteiger partial charge on any atom is -0.310 e. The predicted molar refractivity (Wildman–Crippen MR) is 87.1 cm³/mol. The highest BCUT2D eigenvalue weighted by molar-refractivity contribution is 5.25. The van der Waals surface area contributed by atoms with E-state index in [0.717, 1.165) is 19.4 Å². The summed E-state index contributed by atoms with van der Waals surface area (Å²) in [6.07, 6.45) is 2.26. The Bertz CT molecular complexity index is 510. The Morgan fingerprint density at radius 1 is 0.850 bits per heavy atom. The van der Waals surface area contributed by atoms with E-state index in [1.54, 1.807) is 0 Å². The van der Waals surface area contributed by atoms with Crippen molar-refractivity contribution in [3.05, 3.63) is 70.8 Å². The Morgan fingerprint density at radius 2 is 1.40 bits per heavy atom. The third-order valence-electron chi connectivity index (χ3n) is 3.77. The lowest BCUT2D eigenvalue weighted by Crippen LogP contribution is -2.21. The molecule has 0 fully saturated rings. The van der Waals surface area contributed by atoms with Crippen molar-refractivity contribution in [1.82, 2.24) is 5.32 Å². The Hall–Kier alpha value is -1.60. The lowest BCUT2D eigenvalue weighted by atomic mass is 9.98. The number of nitrogens with one attached hydrogen (secondary N) is 1. The number of aryl methyl sites for hydroxylation is 3. The third-order valence-corrected chi connectivity index (χ3v) is 3.77. The van der Waals surface area contributed by atoms with Gasteiger partial charge >= 0.3 is 0 Å². The standard InChI is InChI=1S/C19H25N/c1-4-20-19(18-12-7-16(3)8-13-18)14-11-17-9-5-15(2)6-10-17/h5-10,12-13,19-20H,4,11,14H2,1-3H3. The van der Waals surface area contributed by atoms with E-state index >= 15 is 0 Å². The minimum atomic E-state index is 0.446. The van der Waals surface area contributed by atoms with Gasteiger partial charge in [0.15, 0.2) is 0 Å². The van der Waals surface area contributed by atoms with Crippen LogP contribution in [0.1, 0.15) is 41.6 Å². The van der Waals surface area contributed by atoms with Crippen molar-refractivity contribution in [3.63, 3.8) is 0 Å². The molecule has 0 heterocycles. The molecule has 2 aromatic carbocycles. The molecule has 1 nitrogen and oxygen atoms in total. The van der Waals surface area contributed by atoms with Crippen LogP contribution in [0.15, 0.2) is 48.5 Å². The molecule has 20 heavy (non-hydrogen) atoms. The Morgan fingerprint density at radius 3 is 1.95 bits per heavy atom. The first-order chi connectivity index (χ1) is 9.69. The normalized spacial score (nSPS) is 12.3. The van der Waals surface area contributed by atoms with E-state index in [2.05, 4.69) is 74.6 Å². The summed E-state index contributed by atoms with van der Waals surface area (Å²) in [6, 6.07) is 18.2. The molecular weight excluding hydrogens is 242 g/mol. The summed E-state index contributed by atoms with van der Waals surface area (Å²) in [4.78, 5) is 0. The largest absolute Gasteiger partial charge is 0.310 e. The molecule has 1 N–H and O–H groups in total. The fraction of sp³-hybridized carbons (Fsp3) is 0.368. The Balaban J connectivity index is 2.02. The van der Waals surface area contributed by atoms with Crippen molar-refractivity contribution >= 4 is 0 Å². The number of rotatable bonds is 6. The van der Waals surface area contributed by atoms with Gasteiger partial charge in [-0.2, -0.15) is 0 Å². The molecule has 0 amide bonds. The second kappa shape index (κ2) is 7.25. The molecule has 0 aliphatic rings. The predicted octanol–water partition coefficient (Wildman–Crippen LogP) is 4.59. The topological polar surface area (TPSA) is 12.0 Å². The van der Waals surface area contributed by atoms with Crippen molar-refractivity contribution in [2.75, 3.05) is 6.54 Å². The lowest BCUT2D eigenvalue weighted by Gasteiger charge is -2.18. The van der Waals surface area contributed by atoms with Gasteiger partial charge in [-0.1, -0.05) is 66.6 Å². The van der Waals surface area contributed by atoms with Gasteiger partial charge in [0.2, 0.25) is 0 Å². The van der Waals surface area contributed by atoms with Crippen LogP contribution in [-0.2, 0) is 6.42 Å². The quantitative estimate of drug-likeness (QED) is 0.807. The molecule has 2 aromatic rings. The molecule has 0 aromatic heterocycles. The fourth-order valence-electron chi connectivity index (χ4n) is 2.50. The molecule has 1 unspecified atom stereocenters. The summed E-state index contributed by atoms with van der Waals surface area (Å²) in [7, 11) is 0. The molecule has 106 valence electrons. The maximum absolute atomic E-state index is 3.60. The van der Waals surface area contributed by atoms with E-state index in [1.807, 2.05) is 0 Å². The van der Waals surface area contributed by atoms with E-state index < -0.39 is 0 Å². The van der Waals surface area contributed by atoms with Crippen LogP contribution in [0, 0.1) is 13.8 Å². The van der Waals surface area contributed by atoms with Gasteiger partial charge in [-0.15, -0.1) is 0 Å². The van der Waals surface area contributed by atoms with Crippen LogP contribution >= 0.6 is 0 Å². The second-order valence-electron chi connectivity index (χ2n) is 5.55. The highest BCUT2D eigenvalue weighted by atomic mass is 14.9. The van der Waals surface area contributed by atoms with Gasteiger partial charge in [0.1, 0.15) is 0 Å². The summed E-state index contributed by atoms with van der Waals surface area (Å²) in [6.45, 7) is 7.45. The molecule has 0 spiro atoms. The lowest BCUT2D eigenvalue weighted by molar-refractivity contribution is 0.515. The van der Waals surface area contributed by atoms with Gasteiger partial charge < -0.3 is 5.32 Å². The van der Waals surface area contributed by atoms with E-state index in [-0.39, 0.29) is 0 Å².